The van der Waals surface area contributed by atoms with E-state index in [9.17, 15) is 0 Å². The first-order valence-corrected chi connectivity index (χ1v) is 21.9. The van der Waals surface area contributed by atoms with E-state index < -0.39 is 0 Å². The lowest BCUT2D eigenvalue weighted by atomic mass is 9.81. The van der Waals surface area contributed by atoms with E-state index in [1.54, 1.807) is 0 Å². The van der Waals surface area contributed by atoms with Crippen molar-refractivity contribution in [1.82, 2.24) is 0 Å². The molecule has 1 aromatic heterocycles. The molecule has 13 rings (SSSR count). The Morgan fingerprint density at radius 2 is 0.889 bits per heavy atom. The zero-order valence-corrected chi connectivity index (χ0v) is 35.1. The van der Waals surface area contributed by atoms with Gasteiger partial charge in [0.25, 0.3) is 0 Å². The van der Waals surface area contributed by atoms with Gasteiger partial charge in [-0.05, 0) is 137 Å². The topological polar surface area (TPSA) is 16.4 Å². The molecule has 296 valence electrons. The molecule has 0 atom stereocenters. The first-order valence-electron chi connectivity index (χ1n) is 21.9. The highest BCUT2D eigenvalue weighted by molar-refractivity contribution is 6.26. The van der Waals surface area contributed by atoms with Gasteiger partial charge in [0.05, 0.1) is 0 Å². The summed E-state index contributed by atoms with van der Waals surface area (Å²) in [4.78, 5) is 2.40. The van der Waals surface area contributed by atoms with Gasteiger partial charge in [0, 0.05) is 38.8 Å². The van der Waals surface area contributed by atoms with Crippen molar-refractivity contribution in [2.45, 2.75) is 19.3 Å². The SMILES string of the molecule is CC1(C)c2ccccc2-c2ccc(-c3c4ccccc4cc4c3oc3ccc(N(c5ccc(-c6ccccc6)cc5)c5ccc6c7ccccc7c7ccccc7c6c5)cc34)cc21. The molecule has 12 aromatic rings. The van der Waals surface area contributed by atoms with Crippen molar-refractivity contribution in [1.29, 1.82) is 0 Å². The lowest BCUT2D eigenvalue weighted by Gasteiger charge is -2.26. The number of fused-ring (bicyclic) bond motifs is 13. The summed E-state index contributed by atoms with van der Waals surface area (Å²) in [7, 11) is 0. The second-order valence-corrected chi connectivity index (χ2v) is 17.6. The number of anilines is 3. The van der Waals surface area contributed by atoms with Gasteiger partial charge in [0.15, 0.2) is 0 Å². The Bertz CT molecular complexity index is 3780. The minimum atomic E-state index is -0.112. The highest BCUT2D eigenvalue weighted by Gasteiger charge is 2.35. The Balaban J connectivity index is 1.03. The van der Waals surface area contributed by atoms with Crippen LogP contribution in [0, 0.1) is 0 Å². The van der Waals surface area contributed by atoms with Crippen molar-refractivity contribution in [3.8, 4) is 33.4 Å². The van der Waals surface area contributed by atoms with Gasteiger partial charge in [-0.1, -0.05) is 172 Å². The minimum absolute atomic E-state index is 0.112. The fraction of sp³-hybridized carbons (Fsp3) is 0.0492. The summed E-state index contributed by atoms with van der Waals surface area (Å²) in [5.74, 6) is 0. The molecule has 0 radical (unpaired) electrons. The predicted octanol–water partition coefficient (Wildman–Crippen LogP) is 17.3. The molecular weight excluding hydrogens is 763 g/mol. The zero-order chi connectivity index (χ0) is 41.8. The van der Waals surface area contributed by atoms with Crippen molar-refractivity contribution >= 4 is 82.1 Å². The molecule has 0 fully saturated rings. The van der Waals surface area contributed by atoms with E-state index in [2.05, 4.69) is 231 Å². The fourth-order valence-electron chi connectivity index (χ4n) is 10.8. The van der Waals surface area contributed by atoms with Gasteiger partial charge in [0.2, 0.25) is 0 Å². The normalized spacial score (nSPS) is 13.0. The summed E-state index contributed by atoms with van der Waals surface area (Å²) in [5, 5.41) is 12.1. The summed E-state index contributed by atoms with van der Waals surface area (Å²) >= 11 is 0. The van der Waals surface area contributed by atoms with Crippen molar-refractivity contribution in [2.24, 2.45) is 0 Å². The van der Waals surface area contributed by atoms with Gasteiger partial charge in [-0.2, -0.15) is 0 Å². The number of rotatable bonds is 5. The Morgan fingerprint density at radius 3 is 1.63 bits per heavy atom. The second kappa shape index (κ2) is 13.5. The Labute approximate surface area is 365 Å². The third-order valence-corrected chi connectivity index (χ3v) is 13.8. The van der Waals surface area contributed by atoms with Crippen molar-refractivity contribution in [3.05, 3.63) is 223 Å². The molecule has 0 saturated carbocycles. The first kappa shape index (κ1) is 35.8. The summed E-state index contributed by atoms with van der Waals surface area (Å²) in [6.45, 7) is 4.70. The van der Waals surface area contributed by atoms with Gasteiger partial charge < -0.3 is 9.32 Å². The van der Waals surface area contributed by atoms with Crippen LogP contribution in [0.25, 0.3) is 98.4 Å². The molecular formula is C61H41NO. The lowest BCUT2D eigenvalue weighted by molar-refractivity contribution is 0.660. The maximum atomic E-state index is 7.02. The van der Waals surface area contributed by atoms with Crippen LogP contribution in [0.4, 0.5) is 17.1 Å². The molecule has 0 amide bonds. The van der Waals surface area contributed by atoms with Crippen LogP contribution in [0.15, 0.2) is 217 Å². The van der Waals surface area contributed by atoms with Gasteiger partial charge >= 0.3 is 0 Å². The van der Waals surface area contributed by atoms with Crippen LogP contribution in [-0.4, -0.2) is 0 Å². The van der Waals surface area contributed by atoms with Crippen LogP contribution >= 0.6 is 0 Å². The third-order valence-electron chi connectivity index (χ3n) is 13.8. The summed E-state index contributed by atoms with van der Waals surface area (Å²) in [6.07, 6.45) is 0. The molecule has 63 heavy (non-hydrogen) atoms. The van der Waals surface area contributed by atoms with Crippen LogP contribution in [-0.2, 0) is 5.41 Å². The molecule has 1 aliphatic carbocycles. The van der Waals surface area contributed by atoms with E-state index >= 15 is 0 Å². The molecule has 0 saturated heterocycles. The maximum absolute atomic E-state index is 7.02. The maximum Gasteiger partial charge on any atom is 0.143 e. The van der Waals surface area contributed by atoms with E-state index in [4.69, 9.17) is 4.42 Å². The Morgan fingerprint density at radius 1 is 0.349 bits per heavy atom. The second-order valence-electron chi connectivity index (χ2n) is 17.6. The quantitative estimate of drug-likeness (QED) is 0.161. The minimum Gasteiger partial charge on any atom is -0.455 e. The van der Waals surface area contributed by atoms with Gasteiger partial charge in [-0.25, -0.2) is 0 Å². The van der Waals surface area contributed by atoms with Gasteiger partial charge in [-0.15, -0.1) is 0 Å². The molecule has 0 aliphatic heterocycles. The highest BCUT2D eigenvalue weighted by atomic mass is 16.3. The van der Waals surface area contributed by atoms with E-state index in [1.807, 2.05) is 0 Å². The predicted molar refractivity (Wildman–Crippen MR) is 267 cm³/mol. The zero-order valence-electron chi connectivity index (χ0n) is 35.1. The van der Waals surface area contributed by atoms with E-state index in [0.717, 1.165) is 44.6 Å². The number of furan rings is 1. The van der Waals surface area contributed by atoms with Crippen molar-refractivity contribution < 1.29 is 4.42 Å². The van der Waals surface area contributed by atoms with E-state index in [-0.39, 0.29) is 5.41 Å². The third kappa shape index (κ3) is 5.38. The average Bonchev–Trinajstić information content (AvgIpc) is 3.81. The average molecular weight is 804 g/mol. The van der Waals surface area contributed by atoms with Crippen molar-refractivity contribution in [3.63, 3.8) is 0 Å². The Hall–Kier alpha value is -7.94. The molecule has 0 unspecified atom stereocenters. The monoisotopic (exact) mass is 803 g/mol. The number of nitrogens with zero attached hydrogens (tertiary/aromatic N) is 1. The standard InChI is InChI=1S/C61H41NO/c1-61(2)56-23-13-12-22-51(56)52-31-26-41(35-57(52)61)59-45-17-7-6-16-40(45)34-55-54-37-44(30-33-58(54)63-60(55)59)62(42-27-24-39(25-28-42)38-14-4-3-5-15-38)43-29-32-50-48-20-9-8-18-46(48)47-19-10-11-21-49(47)53(50)36-43/h3-37H,1-2H3. The van der Waals surface area contributed by atoms with E-state index in [0.29, 0.717) is 0 Å². The molecule has 0 N–H and O–H groups in total. The van der Waals surface area contributed by atoms with Crippen LogP contribution in [0.2, 0.25) is 0 Å². The smallest absolute Gasteiger partial charge is 0.143 e. The van der Waals surface area contributed by atoms with Gasteiger partial charge in [0.1, 0.15) is 11.2 Å². The molecule has 0 spiro atoms. The summed E-state index contributed by atoms with van der Waals surface area (Å²) < 4.78 is 7.02. The molecule has 1 heterocycles. The number of hydrogen-bond donors (Lipinski definition) is 0. The molecule has 2 heteroatoms. The molecule has 11 aromatic carbocycles. The van der Waals surface area contributed by atoms with Crippen LogP contribution in [0.5, 0.6) is 0 Å². The van der Waals surface area contributed by atoms with Crippen molar-refractivity contribution in [2.75, 3.05) is 4.90 Å². The molecule has 1 aliphatic rings. The fourth-order valence-corrected chi connectivity index (χ4v) is 10.8. The summed E-state index contributed by atoms with van der Waals surface area (Å²) in [5.41, 5.74) is 15.0. The van der Waals surface area contributed by atoms with Crippen LogP contribution in [0.3, 0.4) is 0 Å². The first-order chi connectivity index (χ1) is 31.0. The van der Waals surface area contributed by atoms with Crippen LogP contribution < -0.4 is 4.90 Å². The van der Waals surface area contributed by atoms with Gasteiger partial charge in [-0.3, -0.25) is 0 Å². The van der Waals surface area contributed by atoms with Crippen LogP contribution in [0.1, 0.15) is 25.0 Å². The Kier molecular flexibility index (Phi) is 7.68. The molecule has 2 nitrogen and oxygen atoms in total. The largest absolute Gasteiger partial charge is 0.455 e. The van der Waals surface area contributed by atoms with E-state index in [1.165, 1.54) is 82.0 Å². The number of benzene rings is 11. The molecule has 0 bridgehead atoms. The number of hydrogen-bond acceptors (Lipinski definition) is 2. The lowest BCUT2D eigenvalue weighted by Crippen LogP contribution is -2.14. The highest BCUT2D eigenvalue weighted by Crippen LogP contribution is 2.51. The summed E-state index contributed by atoms with van der Waals surface area (Å²) in [6, 6.07) is 77.8.